The van der Waals surface area contributed by atoms with Crippen molar-refractivity contribution in [3.05, 3.63) is 0 Å². The van der Waals surface area contributed by atoms with E-state index in [1.165, 1.54) is 12.8 Å². The van der Waals surface area contributed by atoms with Crippen molar-refractivity contribution in [2.24, 2.45) is 11.8 Å². The second-order valence-electron chi connectivity index (χ2n) is 5.74. The standard InChI is InChI=1S/C12H19N3O/c1-8-4-5-12(6-8)10(13)14-11(16)15(12)7-9-2-3-9/h8-9H,2-7H2,1H3,(H2,13,14,16). The summed E-state index contributed by atoms with van der Waals surface area (Å²) in [5.41, 5.74) is -0.265. The second kappa shape index (κ2) is 3.22. The number of amidine groups is 1. The van der Waals surface area contributed by atoms with E-state index in [4.69, 9.17) is 5.41 Å². The number of carbonyl (C=O) groups excluding carboxylic acids is 1. The lowest BCUT2D eigenvalue weighted by molar-refractivity contribution is 0.168. The summed E-state index contributed by atoms with van der Waals surface area (Å²) in [7, 11) is 0. The molecular formula is C12H19N3O. The maximum Gasteiger partial charge on any atom is 0.323 e. The fourth-order valence-corrected chi connectivity index (χ4v) is 3.17. The largest absolute Gasteiger partial charge is 0.323 e. The van der Waals surface area contributed by atoms with Crippen molar-refractivity contribution in [3.63, 3.8) is 0 Å². The fourth-order valence-electron chi connectivity index (χ4n) is 3.17. The Hall–Kier alpha value is -1.06. The molecule has 0 radical (unpaired) electrons. The van der Waals surface area contributed by atoms with Crippen molar-refractivity contribution < 1.29 is 4.79 Å². The van der Waals surface area contributed by atoms with Gasteiger partial charge in [-0.2, -0.15) is 0 Å². The molecule has 2 N–H and O–H groups in total. The van der Waals surface area contributed by atoms with E-state index in [2.05, 4.69) is 12.2 Å². The average molecular weight is 221 g/mol. The van der Waals surface area contributed by atoms with Gasteiger partial charge in [-0.15, -0.1) is 0 Å². The lowest BCUT2D eigenvalue weighted by Gasteiger charge is -2.33. The highest BCUT2D eigenvalue weighted by molar-refractivity contribution is 6.08. The second-order valence-corrected chi connectivity index (χ2v) is 5.74. The zero-order valence-corrected chi connectivity index (χ0v) is 9.75. The molecule has 0 bridgehead atoms. The number of nitrogens with one attached hydrogen (secondary N) is 2. The Morgan fingerprint density at radius 2 is 2.25 bits per heavy atom. The van der Waals surface area contributed by atoms with Gasteiger partial charge in [-0.1, -0.05) is 6.92 Å². The first-order valence-electron chi connectivity index (χ1n) is 6.29. The van der Waals surface area contributed by atoms with E-state index in [0.717, 1.165) is 25.8 Å². The van der Waals surface area contributed by atoms with Gasteiger partial charge in [0.05, 0.1) is 0 Å². The molecule has 0 aromatic carbocycles. The van der Waals surface area contributed by atoms with Crippen molar-refractivity contribution in [2.45, 2.75) is 44.6 Å². The van der Waals surface area contributed by atoms with Crippen LogP contribution in [0.2, 0.25) is 0 Å². The molecular weight excluding hydrogens is 202 g/mol. The number of hydrogen-bond acceptors (Lipinski definition) is 2. The number of carbonyl (C=O) groups is 1. The summed E-state index contributed by atoms with van der Waals surface area (Å²) in [5, 5.41) is 10.8. The van der Waals surface area contributed by atoms with Crippen LogP contribution in [0.15, 0.2) is 0 Å². The molecule has 3 aliphatic rings. The summed E-state index contributed by atoms with van der Waals surface area (Å²) < 4.78 is 0. The van der Waals surface area contributed by atoms with Crippen LogP contribution in [0.5, 0.6) is 0 Å². The van der Waals surface area contributed by atoms with Crippen LogP contribution in [-0.4, -0.2) is 28.9 Å². The van der Waals surface area contributed by atoms with Crippen LogP contribution in [-0.2, 0) is 0 Å². The van der Waals surface area contributed by atoms with Gasteiger partial charge in [-0.3, -0.25) is 10.7 Å². The Morgan fingerprint density at radius 3 is 2.81 bits per heavy atom. The van der Waals surface area contributed by atoms with Gasteiger partial charge in [0.25, 0.3) is 0 Å². The quantitative estimate of drug-likeness (QED) is 0.735. The number of hydrogen-bond donors (Lipinski definition) is 2. The molecule has 4 heteroatoms. The van der Waals surface area contributed by atoms with E-state index in [-0.39, 0.29) is 11.6 Å². The molecule has 3 fully saturated rings. The number of amides is 2. The molecule has 3 rings (SSSR count). The first-order chi connectivity index (χ1) is 7.62. The number of rotatable bonds is 2. The Morgan fingerprint density at radius 1 is 1.50 bits per heavy atom. The third kappa shape index (κ3) is 1.35. The van der Waals surface area contributed by atoms with Gasteiger partial charge in [-0.25, -0.2) is 4.79 Å². The normalized spacial score (nSPS) is 38.6. The van der Waals surface area contributed by atoms with E-state index in [1.54, 1.807) is 0 Å². The summed E-state index contributed by atoms with van der Waals surface area (Å²) >= 11 is 0. The first kappa shape index (κ1) is 10.1. The predicted molar refractivity (Wildman–Crippen MR) is 61.4 cm³/mol. The smallest absolute Gasteiger partial charge is 0.311 e. The SMILES string of the molecule is CC1CCC2(C1)C(=N)NC(=O)N2CC1CC1. The molecule has 16 heavy (non-hydrogen) atoms. The minimum absolute atomic E-state index is 0.0361. The van der Waals surface area contributed by atoms with Crippen molar-refractivity contribution in [2.75, 3.05) is 6.54 Å². The molecule has 2 unspecified atom stereocenters. The molecule has 0 aromatic heterocycles. The van der Waals surface area contributed by atoms with Crippen LogP contribution >= 0.6 is 0 Å². The number of nitrogens with zero attached hydrogens (tertiary/aromatic N) is 1. The van der Waals surface area contributed by atoms with Gasteiger partial charge in [0.1, 0.15) is 11.4 Å². The molecule has 2 saturated carbocycles. The average Bonchev–Trinajstić information content (AvgIpc) is 2.92. The molecule has 1 spiro atoms. The molecule has 88 valence electrons. The van der Waals surface area contributed by atoms with Gasteiger partial charge in [-0.05, 0) is 43.9 Å². The first-order valence-corrected chi connectivity index (χ1v) is 6.29. The summed E-state index contributed by atoms with van der Waals surface area (Å²) in [6.07, 6.45) is 5.58. The Labute approximate surface area is 95.9 Å². The third-order valence-electron chi connectivity index (χ3n) is 4.33. The maximum absolute atomic E-state index is 11.9. The lowest BCUT2D eigenvalue weighted by atomic mass is 9.94. The molecule has 1 aliphatic heterocycles. The van der Waals surface area contributed by atoms with E-state index in [0.29, 0.717) is 17.7 Å². The Bertz CT molecular complexity index is 350. The molecule has 2 aliphatic carbocycles. The zero-order valence-electron chi connectivity index (χ0n) is 9.75. The van der Waals surface area contributed by atoms with Crippen molar-refractivity contribution in [1.82, 2.24) is 10.2 Å². The minimum atomic E-state index is -0.265. The Balaban J connectivity index is 1.86. The highest BCUT2D eigenvalue weighted by atomic mass is 16.2. The van der Waals surface area contributed by atoms with Gasteiger partial charge in [0, 0.05) is 6.54 Å². The van der Waals surface area contributed by atoms with Gasteiger partial charge >= 0.3 is 6.03 Å². The lowest BCUT2D eigenvalue weighted by Crippen LogP contribution is -2.48. The Kier molecular flexibility index (Phi) is 2.03. The zero-order chi connectivity index (χ0) is 11.3. The van der Waals surface area contributed by atoms with Gasteiger partial charge in [0.15, 0.2) is 0 Å². The topological polar surface area (TPSA) is 56.2 Å². The van der Waals surface area contributed by atoms with Gasteiger partial charge in [0.2, 0.25) is 0 Å². The van der Waals surface area contributed by atoms with Crippen LogP contribution in [0.25, 0.3) is 0 Å². The van der Waals surface area contributed by atoms with E-state index >= 15 is 0 Å². The fraction of sp³-hybridized carbons (Fsp3) is 0.833. The van der Waals surface area contributed by atoms with Crippen molar-refractivity contribution in [1.29, 1.82) is 5.41 Å². The molecule has 2 amide bonds. The van der Waals surface area contributed by atoms with Crippen molar-refractivity contribution in [3.8, 4) is 0 Å². The summed E-state index contributed by atoms with van der Waals surface area (Å²) in [4.78, 5) is 13.8. The summed E-state index contributed by atoms with van der Waals surface area (Å²) in [6, 6.07) is -0.0361. The minimum Gasteiger partial charge on any atom is -0.311 e. The van der Waals surface area contributed by atoms with Crippen LogP contribution in [0.3, 0.4) is 0 Å². The molecule has 1 saturated heterocycles. The summed E-state index contributed by atoms with van der Waals surface area (Å²) in [5.74, 6) is 1.78. The molecule has 0 aromatic rings. The maximum atomic E-state index is 11.9. The van der Waals surface area contributed by atoms with Crippen LogP contribution < -0.4 is 5.32 Å². The van der Waals surface area contributed by atoms with Crippen LogP contribution in [0.4, 0.5) is 4.79 Å². The highest BCUT2D eigenvalue weighted by Gasteiger charge is 2.54. The molecule has 1 heterocycles. The van der Waals surface area contributed by atoms with Crippen molar-refractivity contribution >= 4 is 11.9 Å². The predicted octanol–water partition coefficient (Wildman–Crippen LogP) is 1.96. The van der Waals surface area contributed by atoms with E-state index in [9.17, 15) is 4.79 Å². The summed E-state index contributed by atoms with van der Waals surface area (Å²) in [6.45, 7) is 3.08. The van der Waals surface area contributed by atoms with Crippen LogP contribution in [0.1, 0.15) is 39.0 Å². The monoisotopic (exact) mass is 221 g/mol. The highest BCUT2D eigenvalue weighted by Crippen LogP contribution is 2.44. The number of urea groups is 1. The van der Waals surface area contributed by atoms with Gasteiger partial charge < -0.3 is 4.90 Å². The molecule has 4 nitrogen and oxygen atoms in total. The van der Waals surface area contributed by atoms with Crippen LogP contribution in [0, 0.1) is 17.2 Å². The van der Waals surface area contributed by atoms with E-state index < -0.39 is 0 Å². The third-order valence-corrected chi connectivity index (χ3v) is 4.33. The molecule has 2 atom stereocenters. The van der Waals surface area contributed by atoms with E-state index in [1.807, 2.05) is 4.90 Å².